The molecule has 0 radical (unpaired) electrons. The van der Waals surface area contributed by atoms with Crippen LogP contribution in [0.3, 0.4) is 0 Å². The Balaban J connectivity index is 2.22. The Labute approximate surface area is 125 Å². The van der Waals surface area contributed by atoms with E-state index in [-0.39, 0.29) is 12.3 Å². The molecule has 0 aliphatic carbocycles. The SMILES string of the molecule is O=C(O)C[C@H](NC(=O)c1cccs1)c1ccccc1Cl. The lowest BCUT2D eigenvalue weighted by Crippen LogP contribution is -2.29. The highest BCUT2D eigenvalue weighted by atomic mass is 35.5. The number of carbonyl (C=O) groups excluding carboxylic acids is 1. The molecule has 104 valence electrons. The number of carboxylic acids is 1. The van der Waals surface area contributed by atoms with Crippen LogP contribution in [0.4, 0.5) is 0 Å². The molecule has 0 spiro atoms. The van der Waals surface area contributed by atoms with E-state index in [1.807, 2.05) is 0 Å². The van der Waals surface area contributed by atoms with Crippen LogP contribution < -0.4 is 5.32 Å². The molecule has 2 aromatic rings. The van der Waals surface area contributed by atoms with Gasteiger partial charge in [0.2, 0.25) is 0 Å². The fourth-order valence-electron chi connectivity index (χ4n) is 1.81. The Kier molecular flexibility index (Phi) is 4.76. The van der Waals surface area contributed by atoms with E-state index in [2.05, 4.69) is 5.32 Å². The maximum atomic E-state index is 12.0. The maximum Gasteiger partial charge on any atom is 0.305 e. The van der Waals surface area contributed by atoms with Crippen LogP contribution in [0.15, 0.2) is 41.8 Å². The van der Waals surface area contributed by atoms with E-state index in [9.17, 15) is 9.59 Å². The minimum atomic E-state index is -0.999. The molecule has 0 saturated carbocycles. The van der Waals surface area contributed by atoms with Gasteiger partial charge in [-0.2, -0.15) is 0 Å². The molecule has 0 saturated heterocycles. The zero-order valence-corrected chi connectivity index (χ0v) is 11.9. The molecule has 0 aliphatic rings. The smallest absolute Gasteiger partial charge is 0.305 e. The average Bonchev–Trinajstić information content (AvgIpc) is 2.92. The highest BCUT2D eigenvalue weighted by Gasteiger charge is 2.21. The third-order valence-electron chi connectivity index (χ3n) is 2.71. The van der Waals surface area contributed by atoms with Gasteiger partial charge in [-0.3, -0.25) is 9.59 Å². The summed E-state index contributed by atoms with van der Waals surface area (Å²) in [5.74, 6) is -1.30. The predicted molar refractivity (Wildman–Crippen MR) is 78.2 cm³/mol. The van der Waals surface area contributed by atoms with Crippen LogP contribution >= 0.6 is 22.9 Å². The van der Waals surface area contributed by atoms with Gasteiger partial charge in [-0.15, -0.1) is 11.3 Å². The summed E-state index contributed by atoms with van der Waals surface area (Å²) in [5.41, 5.74) is 0.599. The molecule has 2 N–H and O–H groups in total. The van der Waals surface area contributed by atoms with Crippen LogP contribution in [-0.2, 0) is 4.79 Å². The van der Waals surface area contributed by atoms with Crippen LogP contribution in [-0.4, -0.2) is 17.0 Å². The van der Waals surface area contributed by atoms with Crippen molar-refractivity contribution in [3.05, 3.63) is 57.2 Å². The average molecular weight is 310 g/mol. The van der Waals surface area contributed by atoms with Crippen LogP contribution in [0, 0.1) is 0 Å². The normalized spacial score (nSPS) is 11.8. The Morgan fingerprint density at radius 1 is 1.25 bits per heavy atom. The van der Waals surface area contributed by atoms with E-state index in [0.717, 1.165) is 0 Å². The highest BCUT2D eigenvalue weighted by Crippen LogP contribution is 2.25. The predicted octanol–water partition coefficient (Wildman–Crippen LogP) is 3.35. The van der Waals surface area contributed by atoms with Gasteiger partial charge in [0, 0.05) is 5.02 Å². The second kappa shape index (κ2) is 6.54. The molecule has 0 aliphatic heterocycles. The molecular weight excluding hydrogens is 298 g/mol. The van der Waals surface area contributed by atoms with Gasteiger partial charge in [-0.25, -0.2) is 0 Å². The Morgan fingerprint density at radius 3 is 2.60 bits per heavy atom. The molecule has 1 amide bonds. The van der Waals surface area contributed by atoms with Crippen molar-refractivity contribution in [3.63, 3.8) is 0 Å². The first-order chi connectivity index (χ1) is 9.58. The lowest BCUT2D eigenvalue weighted by atomic mass is 10.0. The summed E-state index contributed by atoms with van der Waals surface area (Å²) in [5, 5.41) is 13.9. The number of amides is 1. The van der Waals surface area contributed by atoms with Gasteiger partial charge in [0.15, 0.2) is 0 Å². The van der Waals surface area contributed by atoms with E-state index in [1.54, 1.807) is 41.8 Å². The summed E-state index contributed by atoms with van der Waals surface area (Å²) >= 11 is 7.37. The third-order valence-corrected chi connectivity index (χ3v) is 3.92. The second-order valence-corrected chi connectivity index (χ2v) is 5.48. The van der Waals surface area contributed by atoms with Gasteiger partial charge < -0.3 is 10.4 Å². The van der Waals surface area contributed by atoms with Crippen molar-refractivity contribution in [3.8, 4) is 0 Å². The molecule has 6 heteroatoms. The van der Waals surface area contributed by atoms with E-state index in [4.69, 9.17) is 16.7 Å². The van der Waals surface area contributed by atoms with Crippen molar-refractivity contribution < 1.29 is 14.7 Å². The largest absolute Gasteiger partial charge is 0.481 e. The van der Waals surface area contributed by atoms with E-state index < -0.39 is 12.0 Å². The van der Waals surface area contributed by atoms with Crippen LogP contribution in [0.2, 0.25) is 5.02 Å². The number of aliphatic carboxylic acids is 1. The molecule has 0 fully saturated rings. The monoisotopic (exact) mass is 309 g/mol. The van der Waals surface area contributed by atoms with Gasteiger partial charge in [-0.1, -0.05) is 35.9 Å². The number of rotatable bonds is 5. The first-order valence-corrected chi connectivity index (χ1v) is 7.14. The van der Waals surface area contributed by atoms with Crippen molar-refractivity contribution in [1.82, 2.24) is 5.32 Å². The first kappa shape index (κ1) is 14.6. The Hall–Kier alpha value is -1.85. The van der Waals surface area contributed by atoms with E-state index >= 15 is 0 Å². The first-order valence-electron chi connectivity index (χ1n) is 5.88. The number of halogens is 1. The summed E-state index contributed by atoms with van der Waals surface area (Å²) in [7, 11) is 0. The van der Waals surface area contributed by atoms with E-state index in [0.29, 0.717) is 15.5 Å². The number of thiophene rings is 1. The number of hydrogen-bond acceptors (Lipinski definition) is 3. The summed E-state index contributed by atoms with van der Waals surface area (Å²) in [6.45, 7) is 0. The van der Waals surface area contributed by atoms with Gasteiger partial charge in [-0.05, 0) is 23.1 Å². The highest BCUT2D eigenvalue weighted by molar-refractivity contribution is 7.12. The topological polar surface area (TPSA) is 66.4 Å². The van der Waals surface area contributed by atoms with Gasteiger partial charge in [0.1, 0.15) is 0 Å². The van der Waals surface area contributed by atoms with Gasteiger partial charge in [0.05, 0.1) is 17.3 Å². The molecule has 1 aromatic carbocycles. The van der Waals surface area contributed by atoms with Crippen LogP contribution in [0.5, 0.6) is 0 Å². The van der Waals surface area contributed by atoms with Crippen LogP contribution in [0.1, 0.15) is 27.7 Å². The van der Waals surface area contributed by atoms with Gasteiger partial charge >= 0.3 is 5.97 Å². The summed E-state index contributed by atoms with van der Waals surface area (Å²) in [4.78, 5) is 23.6. The number of benzene rings is 1. The molecule has 0 bridgehead atoms. The van der Waals surface area contributed by atoms with Crippen molar-refractivity contribution in [2.45, 2.75) is 12.5 Å². The van der Waals surface area contributed by atoms with Gasteiger partial charge in [0.25, 0.3) is 5.91 Å². The van der Waals surface area contributed by atoms with Crippen molar-refractivity contribution in [2.24, 2.45) is 0 Å². The third kappa shape index (κ3) is 3.59. The zero-order valence-electron chi connectivity index (χ0n) is 10.4. The molecule has 2 rings (SSSR count). The fraction of sp³-hybridized carbons (Fsp3) is 0.143. The van der Waals surface area contributed by atoms with E-state index in [1.165, 1.54) is 11.3 Å². The summed E-state index contributed by atoms with van der Waals surface area (Å²) < 4.78 is 0. The molecule has 4 nitrogen and oxygen atoms in total. The molecule has 1 heterocycles. The second-order valence-electron chi connectivity index (χ2n) is 4.12. The minimum Gasteiger partial charge on any atom is -0.481 e. The van der Waals surface area contributed by atoms with Crippen molar-refractivity contribution >= 4 is 34.8 Å². The molecule has 0 unspecified atom stereocenters. The number of nitrogens with one attached hydrogen (secondary N) is 1. The maximum absolute atomic E-state index is 12.0. The molecular formula is C14H12ClNO3S. The van der Waals surface area contributed by atoms with Crippen molar-refractivity contribution in [2.75, 3.05) is 0 Å². The number of hydrogen-bond donors (Lipinski definition) is 2. The molecule has 20 heavy (non-hydrogen) atoms. The Bertz CT molecular complexity index is 613. The summed E-state index contributed by atoms with van der Waals surface area (Å²) in [6.07, 6.45) is -0.221. The van der Waals surface area contributed by atoms with Crippen molar-refractivity contribution in [1.29, 1.82) is 0 Å². The number of carbonyl (C=O) groups is 2. The Morgan fingerprint density at radius 2 is 2.00 bits per heavy atom. The lowest BCUT2D eigenvalue weighted by Gasteiger charge is -2.18. The summed E-state index contributed by atoms with van der Waals surface area (Å²) in [6, 6.07) is 9.69. The molecule has 1 atom stereocenters. The zero-order chi connectivity index (χ0) is 14.5. The standard InChI is InChI=1S/C14H12ClNO3S/c15-10-5-2-1-4-9(10)11(8-13(17)18)16-14(19)12-6-3-7-20-12/h1-7,11H,8H2,(H,16,19)(H,17,18)/t11-/m0/s1. The van der Waals surface area contributed by atoms with Crippen LogP contribution in [0.25, 0.3) is 0 Å². The lowest BCUT2D eigenvalue weighted by molar-refractivity contribution is -0.137. The number of carboxylic acid groups (broad SMARTS) is 1. The fourth-order valence-corrected chi connectivity index (χ4v) is 2.70. The quantitative estimate of drug-likeness (QED) is 0.890. The minimum absolute atomic E-state index is 0.221. The molecule has 1 aromatic heterocycles.